The van der Waals surface area contributed by atoms with E-state index in [4.69, 9.17) is 4.74 Å². The molecule has 1 fully saturated rings. The Bertz CT molecular complexity index is 538. The van der Waals surface area contributed by atoms with Crippen molar-refractivity contribution in [1.29, 1.82) is 0 Å². The van der Waals surface area contributed by atoms with Gasteiger partial charge in [0.1, 0.15) is 5.82 Å². The molecule has 92 valence electrons. The van der Waals surface area contributed by atoms with Crippen LogP contribution in [0.3, 0.4) is 0 Å². The van der Waals surface area contributed by atoms with Crippen molar-refractivity contribution in [3.05, 3.63) is 36.4 Å². The zero-order valence-electron chi connectivity index (χ0n) is 10.3. The molecule has 0 spiro atoms. The first-order valence-electron chi connectivity index (χ1n) is 6.10. The minimum absolute atomic E-state index is 0.563. The Balaban J connectivity index is 1.97. The highest BCUT2D eigenvalue weighted by molar-refractivity contribution is 5.58. The van der Waals surface area contributed by atoms with Crippen molar-refractivity contribution in [3.63, 3.8) is 0 Å². The molecule has 1 aliphatic rings. The number of hydrogen-bond donors (Lipinski definition) is 1. The lowest BCUT2D eigenvalue weighted by molar-refractivity contribution is 0.398. The standard InChI is InChI=1S/C14H15N3O/c1-18-13-9-12(15-11-7-8-11)16-14(17-13)10-5-3-2-4-6-10/h2-6,9,11H,7-8H2,1H3,(H,15,16,17). The van der Waals surface area contributed by atoms with Crippen LogP contribution in [0.15, 0.2) is 36.4 Å². The van der Waals surface area contributed by atoms with E-state index in [-0.39, 0.29) is 0 Å². The third-order valence-electron chi connectivity index (χ3n) is 2.87. The summed E-state index contributed by atoms with van der Waals surface area (Å²) in [5, 5.41) is 3.37. The van der Waals surface area contributed by atoms with Crippen molar-refractivity contribution < 1.29 is 4.74 Å². The molecule has 1 N–H and O–H groups in total. The Morgan fingerprint density at radius 2 is 1.94 bits per heavy atom. The fourth-order valence-electron chi connectivity index (χ4n) is 1.76. The van der Waals surface area contributed by atoms with Crippen LogP contribution in [-0.2, 0) is 0 Å². The van der Waals surface area contributed by atoms with Gasteiger partial charge in [-0.1, -0.05) is 30.3 Å². The van der Waals surface area contributed by atoms with Gasteiger partial charge in [0, 0.05) is 17.7 Å². The van der Waals surface area contributed by atoms with Gasteiger partial charge in [-0.15, -0.1) is 0 Å². The van der Waals surface area contributed by atoms with E-state index in [0.29, 0.717) is 17.7 Å². The van der Waals surface area contributed by atoms with Gasteiger partial charge in [0.25, 0.3) is 0 Å². The van der Waals surface area contributed by atoms with Crippen molar-refractivity contribution in [2.24, 2.45) is 0 Å². The highest BCUT2D eigenvalue weighted by atomic mass is 16.5. The summed E-state index contributed by atoms with van der Waals surface area (Å²) in [6.07, 6.45) is 2.43. The minimum Gasteiger partial charge on any atom is -0.481 e. The van der Waals surface area contributed by atoms with Crippen LogP contribution in [0.5, 0.6) is 5.88 Å². The molecule has 0 amide bonds. The van der Waals surface area contributed by atoms with Gasteiger partial charge >= 0.3 is 0 Å². The van der Waals surface area contributed by atoms with Gasteiger partial charge in [0.2, 0.25) is 5.88 Å². The zero-order chi connectivity index (χ0) is 12.4. The number of aromatic nitrogens is 2. The highest BCUT2D eigenvalue weighted by Crippen LogP contribution is 2.27. The Hall–Kier alpha value is -2.10. The van der Waals surface area contributed by atoms with Crippen LogP contribution in [0.1, 0.15) is 12.8 Å². The second kappa shape index (κ2) is 4.64. The number of ether oxygens (including phenoxy) is 1. The molecule has 18 heavy (non-hydrogen) atoms. The molecule has 0 aliphatic heterocycles. The topological polar surface area (TPSA) is 47.0 Å². The lowest BCUT2D eigenvalue weighted by Crippen LogP contribution is -2.05. The van der Waals surface area contributed by atoms with Gasteiger partial charge < -0.3 is 10.1 Å². The van der Waals surface area contributed by atoms with E-state index in [1.165, 1.54) is 12.8 Å². The normalized spacial score (nSPS) is 14.3. The number of hydrogen-bond acceptors (Lipinski definition) is 4. The van der Waals surface area contributed by atoms with Gasteiger partial charge in [-0.3, -0.25) is 0 Å². The maximum atomic E-state index is 5.23. The van der Waals surface area contributed by atoms with Crippen molar-refractivity contribution in [2.45, 2.75) is 18.9 Å². The molecule has 0 radical (unpaired) electrons. The van der Waals surface area contributed by atoms with Gasteiger partial charge in [-0.2, -0.15) is 4.98 Å². The molecule has 0 bridgehead atoms. The predicted molar refractivity (Wildman–Crippen MR) is 70.7 cm³/mol. The van der Waals surface area contributed by atoms with Crippen molar-refractivity contribution in [2.75, 3.05) is 12.4 Å². The maximum Gasteiger partial charge on any atom is 0.218 e. The molecule has 1 saturated carbocycles. The monoisotopic (exact) mass is 241 g/mol. The lowest BCUT2D eigenvalue weighted by atomic mass is 10.2. The molecule has 1 heterocycles. The summed E-state index contributed by atoms with van der Waals surface area (Å²) >= 11 is 0. The maximum absolute atomic E-state index is 5.23. The van der Waals surface area contributed by atoms with Gasteiger partial charge in [-0.05, 0) is 12.8 Å². The minimum atomic E-state index is 0.563. The molecule has 4 nitrogen and oxygen atoms in total. The number of methoxy groups -OCH3 is 1. The van der Waals surface area contributed by atoms with Gasteiger partial charge in [0.05, 0.1) is 7.11 Å². The fraction of sp³-hybridized carbons (Fsp3) is 0.286. The molecule has 2 aromatic rings. The molecule has 1 aliphatic carbocycles. The number of rotatable bonds is 4. The average molecular weight is 241 g/mol. The summed E-state index contributed by atoms with van der Waals surface area (Å²) in [6, 6.07) is 12.3. The van der Waals surface area contributed by atoms with Crippen LogP contribution in [0.2, 0.25) is 0 Å². The second-order valence-corrected chi connectivity index (χ2v) is 4.40. The second-order valence-electron chi connectivity index (χ2n) is 4.40. The van der Waals surface area contributed by atoms with Crippen LogP contribution >= 0.6 is 0 Å². The number of benzene rings is 1. The molecule has 0 saturated heterocycles. The molecule has 1 aromatic carbocycles. The van der Waals surface area contributed by atoms with Crippen LogP contribution in [0.4, 0.5) is 5.82 Å². The number of nitrogens with zero attached hydrogens (tertiary/aromatic N) is 2. The van der Waals surface area contributed by atoms with Crippen LogP contribution < -0.4 is 10.1 Å². The van der Waals surface area contributed by atoms with Gasteiger partial charge in [0.15, 0.2) is 5.82 Å². The van der Waals surface area contributed by atoms with E-state index < -0.39 is 0 Å². The van der Waals surface area contributed by atoms with E-state index in [0.717, 1.165) is 11.4 Å². The number of anilines is 1. The van der Waals surface area contributed by atoms with Crippen molar-refractivity contribution >= 4 is 5.82 Å². The molecule has 4 heteroatoms. The first kappa shape index (κ1) is 11.0. The summed E-state index contributed by atoms with van der Waals surface area (Å²) < 4.78 is 5.23. The smallest absolute Gasteiger partial charge is 0.218 e. The quantitative estimate of drug-likeness (QED) is 0.894. The third-order valence-corrected chi connectivity index (χ3v) is 2.87. The first-order valence-corrected chi connectivity index (χ1v) is 6.10. The largest absolute Gasteiger partial charge is 0.481 e. The molecule has 0 unspecified atom stereocenters. The van der Waals surface area contributed by atoms with E-state index in [1.807, 2.05) is 36.4 Å². The molecule has 1 aromatic heterocycles. The summed E-state index contributed by atoms with van der Waals surface area (Å²) in [4.78, 5) is 8.91. The summed E-state index contributed by atoms with van der Waals surface area (Å²) in [5.41, 5.74) is 0.996. The summed E-state index contributed by atoms with van der Waals surface area (Å²) in [7, 11) is 1.62. The Labute approximate surface area is 106 Å². The molecular formula is C14H15N3O. The van der Waals surface area contributed by atoms with Crippen LogP contribution in [-0.4, -0.2) is 23.1 Å². The SMILES string of the molecule is COc1cc(NC2CC2)nc(-c2ccccc2)n1. The number of nitrogens with one attached hydrogen (secondary N) is 1. The van der Waals surface area contributed by atoms with Gasteiger partial charge in [-0.25, -0.2) is 4.98 Å². The van der Waals surface area contributed by atoms with E-state index >= 15 is 0 Å². The zero-order valence-corrected chi connectivity index (χ0v) is 10.3. The van der Waals surface area contributed by atoms with Crippen LogP contribution in [0, 0.1) is 0 Å². The Morgan fingerprint density at radius 3 is 2.61 bits per heavy atom. The first-order chi connectivity index (χ1) is 8.85. The third kappa shape index (κ3) is 2.42. The predicted octanol–water partition coefficient (Wildman–Crippen LogP) is 2.73. The highest BCUT2D eigenvalue weighted by Gasteiger charge is 2.22. The van der Waals surface area contributed by atoms with Crippen molar-refractivity contribution in [3.8, 4) is 17.3 Å². The van der Waals surface area contributed by atoms with E-state index in [2.05, 4.69) is 15.3 Å². The van der Waals surface area contributed by atoms with E-state index in [1.54, 1.807) is 7.11 Å². The lowest BCUT2D eigenvalue weighted by Gasteiger charge is -2.08. The molecule has 0 atom stereocenters. The summed E-state index contributed by atoms with van der Waals surface area (Å²) in [6.45, 7) is 0. The van der Waals surface area contributed by atoms with Crippen molar-refractivity contribution in [1.82, 2.24) is 9.97 Å². The molecular weight excluding hydrogens is 226 g/mol. The van der Waals surface area contributed by atoms with Crippen LogP contribution in [0.25, 0.3) is 11.4 Å². The fourth-order valence-corrected chi connectivity index (χ4v) is 1.76. The van der Waals surface area contributed by atoms with E-state index in [9.17, 15) is 0 Å². The Morgan fingerprint density at radius 1 is 1.17 bits per heavy atom. The average Bonchev–Trinajstić information content (AvgIpc) is 3.23. The Kier molecular flexibility index (Phi) is 2.84. The summed E-state index contributed by atoms with van der Waals surface area (Å²) in [5.74, 6) is 2.12. The molecule has 3 rings (SSSR count).